The van der Waals surface area contributed by atoms with Crippen molar-refractivity contribution in [3.8, 4) is 0 Å². The molecule has 8 nitrogen and oxygen atoms in total. The minimum atomic E-state index is -3.55. The Labute approximate surface area is 236 Å². The largest absolute Gasteiger partial charge is 0.376 e. The molecule has 3 aromatic rings. The van der Waals surface area contributed by atoms with E-state index in [0.29, 0.717) is 26.1 Å². The van der Waals surface area contributed by atoms with Crippen molar-refractivity contribution >= 4 is 21.8 Å². The number of hydrogen-bond donors (Lipinski definition) is 2. The SMILES string of the molecule is CCNS(=O)(=O)c1ccc(CCC(=O)N(Cc2ccccc2)C(C(=O)NCC2CCCO2)c2ccccc2)cc1. The van der Waals surface area contributed by atoms with E-state index in [1.165, 1.54) is 0 Å². The molecule has 0 aliphatic carbocycles. The highest BCUT2D eigenvalue weighted by Crippen LogP contribution is 2.25. The molecule has 1 aliphatic heterocycles. The van der Waals surface area contributed by atoms with Crippen LogP contribution in [0.4, 0.5) is 0 Å². The van der Waals surface area contributed by atoms with Gasteiger partial charge in [-0.25, -0.2) is 13.1 Å². The lowest BCUT2D eigenvalue weighted by molar-refractivity contribution is -0.141. The van der Waals surface area contributed by atoms with Crippen LogP contribution in [0.3, 0.4) is 0 Å². The molecule has 0 spiro atoms. The number of nitrogens with zero attached hydrogens (tertiary/aromatic N) is 1. The average Bonchev–Trinajstić information content (AvgIpc) is 3.50. The summed E-state index contributed by atoms with van der Waals surface area (Å²) in [5.74, 6) is -0.418. The maximum Gasteiger partial charge on any atom is 0.247 e. The lowest BCUT2D eigenvalue weighted by Crippen LogP contribution is -2.45. The van der Waals surface area contributed by atoms with Gasteiger partial charge in [0.15, 0.2) is 0 Å². The number of rotatable bonds is 13. The van der Waals surface area contributed by atoms with Crippen LogP contribution in [-0.2, 0) is 37.3 Å². The predicted molar refractivity (Wildman–Crippen MR) is 154 cm³/mol. The zero-order valence-electron chi connectivity index (χ0n) is 22.8. The summed E-state index contributed by atoms with van der Waals surface area (Å²) in [4.78, 5) is 29.3. The summed E-state index contributed by atoms with van der Waals surface area (Å²) in [6.07, 6.45) is 2.43. The van der Waals surface area contributed by atoms with Crippen LogP contribution in [-0.4, -0.2) is 50.9 Å². The molecule has 1 heterocycles. The van der Waals surface area contributed by atoms with E-state index >= 15 is 0 Å². The quantitative estimate of drug-likeness (QED) is 0.327. The first-order chi connectivity index (χ1) is 19.4. The number of aryl methyl sites for hydroxylation is 1. The van der Waals surface area contributed by atoms with Gasteiger partial charge in [-0.3, -0.25) is 9.59 Å². The summed E-state index contributed by atoms with van der Waals surface area (Å²) >= 11 is 0. The normalized spacial score (nSPS) is 15.9. The molecule has 0 radical (unpaired) electrons. The van der Waals surface area contributed by atoms with E-state index in [1.54, 1.807) is 36.1 Å². The van der Waals surface area contributed by atoms with Gasteiger partial charge in [0.25, 0.3) is 0 Å². The van der Waals surface area contributed by atoms with Gasteiger partial charge in [0.05, 0.1) is 11.0 Å². The predicted octanol–water partition coefficient (Wildman–Crippen LogP) is 3.98. The van der Waals surface area contributed by atoms with Crippen molar-refractivity contribution in [1.29, 1.82) is 0 Å². The summed E-state index contributed by atoms with van der Waals surface area (Å²) in [5.41, 5.74) is 2.49. The van der Waals surface area contributed by atoms with Crippen LogP contribution in [0, 0.1) is 0 Å². The first kappa shape index (κ1) is 29.5. The van der Waals surface area contributed by atoms with E-state index in [2.05, 4.69) is 10.0 Å². The minimum Gasteiger partial charge on any atom is -0.376 e. The van der Waals surface area contributed by atoms with Gasteiger partial charge in [0, 0.05) is 32.7 Å². The third-order valence-corrected chi connectivity index (χ3v) is 8.48. The highest BCUT2D eigenvalue weighted by Gasteiger charge is 2.32. The van der Waals surface area contributed by atoms with Crippen LogP contribution in [0.5, 0.6) is 0 Å². The molecule has 2 N–H and O–H groups in total. The summed E-state index contributed by atoms with van der Waals surface area (Å²) in [6, 6.07) is 24.7. The Morgan fingerprint density at radius 1 is 0.950 bits per heavy atom. The lowest BCUT2D eigenvalue weighted by atomic mass is 10.0. The molecule has 1 fully saturated rings. The fourth-order valence-corrected chi connectivity index (χ4v) is 5.87. The maximum atomic E-state index is 13.8. The van der Waals surface area contributed by atoms with E-state index in [4.69, 9.17) is 4.74 Å². The molecule has 0 saturated carbocycles. The fraction of sp³-hybridized carbons (Fsp3) is 0.355. The molecular weight excluding hydrogens is 526 g/mol. The van der Waals surface area contributed by atoms with Crippen LogP contribution < -0.4 is 10.0 Å². The molecule has 2 unspecified atom stereocenters. The first-order valence-corrected chi connectivity index (χ1v) is 15.2. The molecule has 1 saturated heterocycles. The van der Waals surface area contributed by atoms with Crippen molar-refractivity contribution in [2.45, 2.75) is 56.2 Å². The molecule has 3 aromatic carbocycles. The Kier molecular flexibility index (Phi) is 10.5. The van der Waals surface area contributed by atoms with Crippen molar-refractivity contribution < 1.29 is 22.7 Å². The van der Waals surface area contributed by atoms with Gasteiger partial charge in [-0.05, 0) is 48.1 Å². The number of hydrogen-bond acceptors (Lipinski definition) is 5. The molecule has 40 heavy (non-hydrogen) atoms. The summed E-state index contributed by atoms with van der Waals surface area (Å²) in [7, 11) is -3.55. The summed E-state index contributed by atoms with van der Waals surface area (Å²) in [5, 5.41) is 3.03. The summed E-state index contributed by atoms with van der Waals surface area (Å²) in [6.45, 7) is 3.40. The second-order valence-corrected chi connectivity index (χ2v) is 11.6. The van der Waals surface area contributed by atoms with E-state index in [1.807, 2.05) is 60.7 Å². The zero-order valence-corrected chi connectivity index (χ0v) is 23.6. The lowest BCUT2D eigenvalue weighted by Gasteiger charge is -2.32. The van der Waals surface area contributed by atoms with Gasteiger partial charge >= 0.3 is 0 Å². The first-order valence-electron chi connectivity index (χ1n) is 13.7. The second-order valence-electron chi connectivity index (χ2n) is 9.85. The smallest absolute Gasteiger partial charge is 0.247 e. The standard InChI is InChI=1S/C31H37N3O5S/c1-2-33-40(37,38)28-18-15-24(16-19-28)17-20-29(35)34(23-25-10-5-3-6-11-25)30(26-12-7-4-8-13-26)31(36)32-22-27-14-9-21-39-27/h3-8,10-13,15-16,18-19,27,30,33H,2,9,14,17,20-23H2,1H3,(H,32,36). The number of ether oxygens (including phenoxy) is 1. The van der Waals surface area contributed by atoms with Gasteiger partial charge in [-0.2, -0.15) is 0 Å². The van der Waals surface area contributed by atoms with E-state index < -0.39 is 16.1 Å². The van der Waals surface area contributed by atoms with Crippen molar-refractivity contribution in [2.75, 3.05) is 19.7 Å². The number of carbonyl (C=O) groups is 2. The van der Waals surface area contributed by atoms with E-state index in [0.717, 1.165) is 29.5 Å². The third-order valence-electron chi connectivity index (χ3n) is 6.91. The van der Waals surface area contributed by atoms with Crippen LogP contribution in [0.15, 0.2) is 89.8 Å². The number of amides is 2. The van der Waals surface area contributed by atoms with Crippen LogP contribution >= 0.6 is 0 Å². The van der Waals surface area contributed by atoms with Gasteiger partial charge in [0.2, 0.25) is 21.8 Å². The van der Waals surface area contributed by atoms with Gasteiger partial charge < -0.3 is 15.0 Å². The van der Waals surface area contributed by atoms with Crippen LogP contribution in [0.25, 0.3) is 0 Å². The van der Waals surface area contributed by atoms with Gasteiger partial charge in [-0.1, -0.05) is 79.7 Å². The molecule has 4 rings (SSSR count). The summed E-state index contributed by atoms with van der Waals surface area (Å²) < 4.78 is 32.7. The van der Waals surface area contributed by atoms with Crippen molar-refractivity contribution in [3.05, 3.63) is 102 Å². The molecule has 0 aromatic heterocycles. The molecule has 212 valence electrons. The number of benzene rings is 3. The van der Waals surface area contributed by atoms with Gasteiger partial charge in [0.1, 0.15) is 6.04 Å². The Morgan fingerprint density at radius 3 is 2.25 bits per heavy atom. The van der Waals surface area contributed by atoms with Crippen LogP contribution in [0.2, 0.25) is 0 Å². The number of carbonyl (C=O) groups excluding carboxylic acids is 2. The zero-order chi connectivity index (χ0) is 28.4. The van der Waals surface area contributed by atoms with Crippen LogP contribution in [0.1, 0.15) is 48.9 Å². The Hall–Kier alpha value is -3.53. The molecule has 2 amide bonds. The Balaban J connectivity index is 1.55. The number of sulfonamides is 1. The monoisotopic (exact) mass is 563 g/mol. The van der Waals surface area contributed by atoms with E-state index in [-0.39, 0.29) is 35.8 Å². The van der Waals surface area contributed by atoms with Crippen molar-refractivity contribution in [2.24, 2.45) is 0 Å². The van der Waals surface area contributed by atoms with E-state index in [9.17, 15) is 18.0 Å². The number of nitrogens with one attached hydrogen (secondary N) is 2. The highest BCUT2D eigenvalue weighted by molar-refractivity contribution is 7.89. The van der Waals surface area contributed by atoms with Crippen molar-refractivity contribution in [1.82, 2.24) is 14.9 Å². The Morgan fingerprint density at radius 2 is 1.62 bits per heavy atom. The molecule has 1 aliphatic rings. The topological polar surface area (TPSA) is 105 Å². The highest BCUT2D eigenvalue weighted by atomic mass is 32.2. The van der Waals surface area contributed by atoms with Gasteiger partial charge in [-0.15, -0.1) is 0 Å². The average molecular weight is 564 g/mol. The molecular formula is C31H37N3O5S. The maximum absolute atomic E-state index is 13.8. The Bertz CT molecular complexity index is 1340. The second kappa shape index (κ2) is 14.2. The molecule has 2 atom stereocenters. The fourth-order valence-electron chi connectivity index (χ4n) is 4.83. The van der Waals surface area contributed by atoms with Crippen molar-refractivity contribution in [3.63, 3.8) is 0 Å². The third kappa shape index (κ3) is 8.00. The minimum absolute atomic E-state index is 0.0158. The molecule has 0 bridgehead atoms. The molecule has 9 heteroatoms.